The number of carbonyl (C=O) groups excluding carboxylic acids is 1. The van der Waals surface area contributed by atoms with Crippen LogP contribution in [0.3, 0.4) is 0 Å². The molecule has 0 fully saturated rings. The molecule has 1 atom stereocenters. The van der Waals surface area contributed by atoms with E-state index >= 15 is 0 Å². The molecular formula is C17H18ClNO2S. The van der Waals surface area contributed by atoms with E-state index in [0.29, 0.717) is 23.5 Å². The maximum absolute atomic E-state index is 12.2. The Morgan fingerprint density at radius 2 is 1.82 bits per heavy atom. The van der Waals surface area contributed by atoms with Crippen molar-refractivity contribution in [2.24, 2.45) is 0 Å². The summed E-state index contributed by atoms with van der Waals surface area (Å²) in [4.78, 5) is 11.5. The molecule has 3 nitrogen and oxygen atoms in total. The Kier molecular flexibility index (Phi) is 6.16. The van der Waals surface area contributed by atoms with E-state index in [-0.39, 0.29) is 5.91 Å². The number of aryl methyl sites for hydroxylation is 1. The van der Waals surface area contributed by atoms with Crippen molar-refractivity contribution in [3.63, 3.8) is 0 Å². The number of rotatable bonds is 6. The zero-order valence-electron chi connectivity index (χ0n) is 12.3. The van der Waals surface area contributed by atoms with Crippen molar-refractivity contribution in [1.29, 1.82) is 0 Å². The van der Waals surface area contributed by atoms with Crippen LogP contribution in [0.15, 0.2) is 48.5 Å². The number of hydrogen-bond acceptors (Lipinski definition) is 2. The second-order valence-electron chi connectivity index (χ2n) is 4.91. The van der Waals surface area contributed by atoms with E-state index in [1.165, 1.54) is 0 Å². The highest BCUT2D eigenvalue weighted by Crippen LogP contribution is 2.16. The first-order valence-corrected chi connectivity index (χ1v) is 8.86. The molecule has 0 saturated heterocycles. The minimum atomic E-state index is -0.958. The Morgan fingerprint density at radius 1 is 1.14 bits per heavy atom. The summed E-state index contributed by atoms with van der Waals surface area (Å²) in [6, 6.07) is 14.8. The smallest absolute Gasteiger partial charge is 0.251 e. The van der Waals surface area contributed by atoms with Crippen LogP contribution in [0.1, 0.15) is 21.5 Å². The molecular weight excluding hydrogens is 318 g/mol. The molecule has 0 aliphatic rings. The molecule has 0 radical (unpaired) electrons. The van der Waals surface area contributed by atoms with E-state index < -0.39 is 10.8 Å². The monoisotopic (exact) mass is 335 g/mol. The molecule has 0 heterocycles. The Labute approximate surface area is 138 Å². The Bertz CT molecular complexity index is 671. The van der Waals surface area contributed by atoms with E-state index in [9.17, 15) is 9.00 Å². The maximum atomic E-state index is 12.2. The molecule has 22 heavy (non-hydrogen) atoms. The molecule has 0 bridgehead atoms. The summed E-state index contributed by atoms with van der Waals surface area (Å²) in [7, 11) is 0.639. The van der Waals surface area contributed by atoms with Crippen molar-refractivity contribution >= 4 is 28.3 Å². The molecule has 1 N–H and O–H groups in total. The van der Waals surface area contributed by atoms with Crippen molar-refractivity contribution in [2.75, 3.05) is 12.8 Å². The molecule has 0 unspecified atom stereocenters. The molecule has 116 valence electrons. The summed E-state index contributed by atoms with van der Waals surface area (Å²) in [5.74, 6) is 0.936. The van der Waals surface area contributed by atoms with Gasteiger partial charge in [0.15, 0.2) is 0 Å². The van der Waals surface area contributed by atoms with Crippen LogP contribution in [0.4, 0.5) is 0 Å². The molecule has 1 amide bonds. The summed E-state index contributed by atoms with van der Waals surface area (Å²) < 4.78 is 12.2. The van der Waals surface area contributed by atoms with Crippen molar-refractivity contribution in [3.05, 3.63) is 70.2 Å². The van der Waals surface area contributed by atoms with Gasteiger partial charge in [-0.05, 0) is 35.7 Å². The van der Waals surface area contributed by atoms with Gasteiger partial charge in [0.2, 0.25) is 0 Å². The lowest BCUT2D eigenvalue weighted by Crippen LogP contribution is -2.17. The summed E-state index contributed by atoms with van der Waals surface area (Å²) in [6.07, 6.45) is 0.697. The van der Waals surface area contributed by atoms with Gasteiger partial charge in [0.1, 0.15) is 0 Å². The average Bonchev–Trinajstić information content (AvgIpc) is 2.54. The lowest BCUT2D eigenvalue weighted by molar-refractivity contribution is 0.0963. The fraction of sp³-hybridized carbons (Fsp3) is 0.235. The fourth-order valence-electron chi connectivity index (χ4n) is 2.08. The van der Waals surface area contributed by atoms with Crippen LogP contribution in [-0.2, 0) is 23.0 Å². The largest absolute Gasteiger partial charge is 0.355 e. The molecule has 0 aliphatic heterocycles. The topological polar surface area (TPSA) is 46.2 Å². The molecule has 0 aliphatic carbocycles. The van der Waals surface area contributed by atoms with Crippen LogP contribution in [0.2, 0.25) is 5.02 Å². The first-order chi connectivity index (χ1) is 10.6. The Balaban J connectivity index is 1.89. The molecule has 2 aromatic rings. The maximum Gasteiger partial charge on any atom is 0.251 e. The van der Waals surface area contributed by atoms with E-state index in [1.807, 2.05) is 36.4 Å². The highest BCUT2D eigenvalue weighted by Gasteiger charge is 2.07. The standard InChI is InChI=1S/C17H18ClNO2S/c1-19-17(20)15-8-6-13(7-9-15)12-22(21)11-10-14-4-2-3-5-16(14)18/h2-9H,10-12H2,1H3,(H,19,20)/t22-/m1/s1. The predicted molar refractivity (Wildman–Crippen MR) is 91.7 cm³/mol. The predicted octanol–water partition coefficient (Wildman–Crippen LogP) is 3.19. The second-order valence-corrected chi connectivity index (χ2v) is 6.89. The summed E-state index contributed by atoms with van der Waals surface area (Å²) in [5, 5.41) is 3.29. The van der Waals surface area contributed by atoms with Gasteiger partial charge in [-0.3, -0.25) is 9.00 Å². The van der Waals surface area contributed by atoms with Crippen molar-refractivity contribution in [2.45, 2.75) is 12.2 Å². The summed E-state index contributed by atoms with van der Waals surface area (Å²) in [6.45, 7) is 0. The minimum Gasteiger partial charge on any atom is -0.355 e. The van der Waals surface area contributed by atoms with E-state index in [0.717, 1.165) is 16.1 Å². The van der Waals surface area contributed by atoms with E-state index in [2.05, 4.69) is 5.32 Å². The summed E-state index contributed by atoms with van der Waals surface area (Å²) >= 11 is 6.09. The molecule has 5 heteroatoms. The average molecular weight is 336 g/mol. The lowest BCUT2D eigenvalue weighted by Gasteiger charge is -2.06. The van der Waals surface area contributed by atoms with E-state index in [4.69, 9.17) is 11.6 Å². The number of nitrogens with one attached hydrogen (secondary N) is 1. The van der Waals surface area contributed by atoms with Gasteiger partial charge >= 0.3 is 0 Å². The lowest BCUT2D eigenvalue weighted by atomic mass is 10.1. The number of halogens is 1. The van der Waals surface area contributed by atoms with Crippen molar-refractivity contribution in [1.82, 2.24) is 5.32 Å². The van der Waals surface area contributed by atoms with Gasteiger partial charge in [-0.1, -0.05) is 41.9 Å². The molecule has 2 rings (SSSR count). The van der Waals surface area contributed by atoms with Crippen LogP contribution in [0.5, 0.6) is 0 Å². The quantitative estimate of drug-likeness (QED) is 0.881. The van der Waals surface area contributed by atoms with Gasteiger partial charge in [0.25, 0.3) is 5.91 Å². The normalized spacial score (nSPS) is 11.9. The number of carbonyl (C=O) groups is 1. The number of benzene rings is 2. The fourth-order valence-corrected chi connectivity index (χ4v) is 3.47. The molecule has 0 saturated carbocycles. The van der Waals surface area contributed by atoms with Gasteiger partial charge < -0.3 is 5.32 Å². The minimum absolute atomic E-state index is 0.119. The van der Waals surface area contributed by atoms with Gasteiger partial charge in [0, 0.05) is 39.9 Å². The number of hydrogen-bond donors (Lipinski definition) is 1. The third-order valence-corrected chi connectivity index (χ3v) is 5.01. The Hall–Kier alpha value is -1.65. The van der Waals surface area contributed by atoms with Crippen LogP contribution in [-0.4, -0.2) is 22.9 Å². The first-order valence-electron chi connectivity index (χ1n) is 6.99. The SMILES string of the molecule is CNC(=O)c1ccc(C[S@](=O)CCc2ccccc2Cl)cc1. The highest BCUT2D eigenvalue weighted by molar-refractivity contribution is 7.84. The van der Waals surface area contributed by atoms with Crippen LogP contribution in [0.25, 0.3) is 0 Å². The Morgan fingerprint density at radius 3 is 2.45 bits per heavy atom. The van der Waals surface area contributed by atoms with E-state index in [1.54, 1.807) is 19.2 Å². The van der Waals surface area contributed by atoms with Gasteiger partial charge in [-0.15, -0.1) is 0 Å². The zero-order valence-corrected chi connectivity index (χ0v) is 13.9. The van der Waals surface area contributed by atoms with Gasteiger partial charge in [0.05, 0.1) is 0 Å². The van der Waals surface area contributed by atoms with Crippen LogP contribution >= 0.6 is 11.6 Å². The molecule has 0 aromatic heterocycles. The van der Waals surface area contributed by atoms with Crippen molar-refractivity contribution in [3.8, 4) is 0 Å². The van der Waals surface area contributed by atoms with Crippen LogP contribution < -0.4 is 5.32 Å². The van der Waals surface area contributed by atoms with Gasteiger partial charge in [-0.25, -0.2) is 0 Å². The number of amides is 1. The molecule has 0 spiro atoms. The van der Waals surface area contributed by atoms with Crippen LogP contribution in [0, 0.1) is 0 Å². The third kappa shape index (κ3) is 4.68. The third-order valence-electron chi connectivity index (χ3n) is 3.33. The zero-order chi connectivity index (χ0) is 15.9. The first kappa shape index (κ1) is 16.7. The second kappa shape index (κ2) is 8.11. The highest BCUT2D eigenvalue weighted by atomic mass is 35.5. The molecule has 2 aromatic carbocycles. The van der Waals surface area contributed by atoms with Gasteiger partial charge in [-0.2, -0.15) is 0 Å². The van der Waals surface area contributed by atoms with Crippen molar-refractivity contribution < 1.29 is 9.00 Å². The summed E-state index contributed by atoms with van der Waals surface area (Å²) in [5.41, 5.74) is 2.59.